The van der Waals surface area contributed by atoms with E-state index in [0.29, 0.717) is 18.6 Å². The first kappa shape index (κ1) is 17.5. The Bertz CT molecular complexity index is 947. The molecule has 0 bridgehead atoms. The molecule has 1 aromatic carbocycles. The van der Waals surface area contributed by atoms with E-state index >= 15 is 0 Å². The molecule has 0 unspecified atom stereocenters. The van der Waals surface area contributed by atoms with Crippen molar-refractivity contribution in [1.29, 1.82) is 0 Å². The van der Waals surface area contributed by atoms with Gasteiger partial charge in [-0.25, -0.2) is 0 Å². The van der Waals surface area contributed by atoms with E-state index in [-0.39, 0.29) is 30.5 Å². The van der Waals surface area contributed by atoms with Crippen LogP contribution in [0.25, 0.3) is 10.9 Å². The molecule has 1 amide bonds. The molecule has 6 heteroatoms. The van der Waals surface area contributed by atoms with Gasteiger partial charge in [-0.3, -0.25) is 9.78 Å². The molecule has 3 aromatic rings. The first-order valence-corrected chi connectivity index (χ1v) is 9.14. The molecule has 4 rings (SSSR count). The van der Waals surface area contributed by atoms with Crippen molar-refractivity contribution in [1.82, 2.24) is 14.9 Å². The van der Waals surface area contributed by atoms with Crippen molar-refractivity contribution in [2.75, 3.05) is 7.11 Å². The maximum Gasteiger partial charge on any atom is 0.240 e. The zero-order valence-electron chi connectivity index (χ0n) is 15.2. The lowest BCUT2D eigenvalue weighted by Gasteiger charge is -2.38. The Morgan fingerprint density at radius 2 is 2.15 bits per heavy atom. The first-order chi connectivity index (χ1) is 13.1. The lowest BCUT2D eigenvalue weighted by atomic mass is 9.75. The van der Waals surface area contributed by atoms with E-state index in [0.717, 1.165) is 16.5 Å². The van der Waals surface area contributed by atoms with Crippen LogP contribution in [0.1, 0.15) is 24.4 Å². The number of amides is 1. The lowest BCUT2D eigenvalue weighted by Crippen LogP contribution is -2.42. The number of carbonyl (C=O) groups is 1. The van der Waals surface area contributed by atoms with Gasteiger partial charge in [0, 0.05) is 17.9 Å². The van der Waals surface area contributed by atoms with Crippen LogP contribution < -0.4 is 10.1 Å². The van der Waals surface area contributed by atoms with Gasteiger partial charge in [-0.1, -0.05) is 18.2 Å². The number of aliphatic hydroxyl groups excluding tert-OH is 1. The van der Waals surface area contributed by atoms with Crippen LogP contribution in [-0.2, 0) is 11.3 Å². The number of carbonyl (C=O) groups excluding carboxylic acids is 1. The van der Waals surface area contributed by atoms with Crippen molar-refractivity contribution in [3.63, 3.8) is 0 Å². The van der Waals surface area contributed by atoms with Crippen LogP contribution in [0, 0.1) is 5.92 Å². The fourth-order valence-corrected chi connectivity index (χ4v) is 3.75. The van der Waals surface area contributed by atoms with Crippen LogP contribution in [0.5, 0.6) is 5.75 Å². The van der Waals surface area contributed by atoms with Gasteiger partial charge in [-0.05, 0) is 47.9 Å². The number of para-hydroxylation sites is 1. The standard InChI is InChI=1S/C21H23N3O3/c1-27-18-10-16(11-22-12-18)21(15-8-17(25)9-15)23-20(26)13-24-7-6-14-4-2-3-5-19(14)24/h2-7,10-12,15,17,21,25H,8-9,13H2,1H3,(H,23,26)/t15?,17?,21-/m0/s1. The molecule has 27 heavy (non-hydrogen) atoms. The number of benzene rings is 1. The third kappa shape index (κ3) is 3.66. The summed E-state index contributed by atoms with van der Waals surface area (Å²) < 4.78 is 7.21. The van der Waals surface area contributed by atoms with Crippen molar-refractivity contribution in [2.45, 2.75) is 31.5 Å². The van der Waals surface area contributed by atoms with Crippen LogP contribution in [0.15, 0.2) is 55.0 Å². The summed E-state index contributed by atoms with van der Waals surface area (Å²) in [7, 11) is 1.60. The average Bonchev–Trinajstić information content (AvgIpc) is 3.07. The zero-order valence-corrected chi connectivity index (χ0v) is 15.2. The number of rotatable bonds is 6. The zero-order chi connectivity index (χ0) is 18.8. The van der Waals surface area contributed by atoms with Gasteiger partial charge in [0.1, 0.15) is 12.3 Å². The van der Waals surface area contributed by atoms with Gasteiger partial charge < -0.3 is 19.7 Å². The van der Waals surface area contributed by atoms with Crippen LogP contribution in [0.3, 0.4) is 0 Å². The minimum absolute atomic E-state index is 0.0643. The van der Waals surface area contributed by atoms with E-state index in [2.05, 4.69) is 10.3 Å². The van der Waals surface area contributed by atoms with Gasteiger partial charge >= 0.3 is 0 Å². The van der Waals surface area contributed by atoms with Crippen LogP contribution >= 0.6 is 0 Å². The minimum Gasteiger partial charge on any atom is -0.495 e. The monoisotopic (exact) mass is 365 g/mol. The van der Waals surface area contributed by atoms with E-state index in [1.807, 2.05) is 47.2 Å². The number of nitrogens with one attached hydrogen (secondary N) is 1. The average molecular weight is 365 g/mol. The molecule has 1 aliphatic rings. The molecule has 1 saturated carbocycles. The predicted octanol–water partition coefficient (Wildman–Crippen LogP) is 2.67. The smallest absolute Gasteiger partial charge is 0.240 e. The fraction of sp³-hybridized carbons (Fsp3) is 0.333. The van der Waals surface area contributed by atoms with Gasteiger partial charge in [-0.15, -0.1) is 0 Å². The Labute approximate surface area is 157 Å². The fourth-order valence-electron chi connectivity index (χ4n) is 3.75. The Kier molecular flexibility index (Phi) is 4.81. The maximum atomic E-state index is 12.8. The molecule has 0 aliphatic heterocycles. The number of aromatic nitrogens is 2. The number of ether oxygens (including phenoxy) is 1. The molecule has 1 fully saturated rings. The molecule has 1 atom stereocenters. The molecule has 0 spiro atoms. The summed E-state index contributed by atoms with van der Waals surface area (Å²) in [6.07, 6.45) is 6.39. The number of hydrogen-bond donors (Lipinski definition) is 2. The van der Waals surface area contributed by atoms with E-state index in [9.17, 15) is 9.90 Å². The largest absolute Gasteiger partial charge is 0.495 e. The summed E-state index contributed by atoms with van der Waals surface area (Å²) in [5.74, 6) is 0.785. The van der Waals surface area contributed by atoms with Crippen LogP contribution in [0.4, 0.5) is 0 Å². The summed E-state index contributed by atoms with van der Waals surface area (Å²) in [5, 5.41) is 14.0. The quantitative estimate of drug-likeness (QED) is 0.704. The third-order valence-electron chi connectivity index (χ3n) is 5.26. The van der Waals surface area contributed by atoms with Crippen molar-refractivity contribution in [2.24, 2.45) is 5.92 Å². The second-order valence-electron chi connectivity index (χ2n) is 7.09. The van der Waals surface area contributed by atoms with Gasteiger partial charge in [0.05, 0.1) is 25.5 Å². The molecule has 1 aliphatic carbocycles. The van der Waals surface area contributed by atoms with E-state index < -0.39 is 0 Å². The van der Waals surface area contributed by atoms with Gasteiger partial charge in [0.2, 0.25) is 5.91 Å². The molecular weight excluding hydrogens is 342 g/mol. The molecule has 2 heterocycles. The molecule has 6 nitrogen and oxygen atoms in total. The minimum atomic E-state index is -0.290. The lowest BCUT2D eigenvalue weighted by molar-refractivity contribution is -0.123. The SMILES string of the molecule is COc1cncc([C@@H](NC(=O)Cn2ccc3ccccc32)C2CC(O)C2)c1. The number of nitrogens with zero attached hydrogens (tertiary/aromatic N) is 2. The molecule has 0 saturated heterocycles. The first-order valence-electron chi connectivity index (χ1n) is 9.14. The van der Waals surface area contributed by atoms with Crippen molar-refractivity contribution in [3.05, 3.63) is 60.6 Å². The second kappa shape index (κ2) is 7.40. The Morgan fingerprint density at radius 3 is 2.93 bits per heavy atom. The summed E-state index contributed by atoms with van der Waals surface area (Å²) in [5.41, 5.74) is 1.93. The highest BCUT2D eigenvalue weighted by molar-refractivity contribution is 5.83. The van der Waals surface area contributed by atoms with Gasteiger partial charge in [0.15, 0.2) is 0 Å². The normalized spacial score (nSPS) is 20.1. The summed E-state index contributed by atoms with van der Waals surface area (Å²) in [4.78, 5) is 17.0. The Hall–Kier alpha value is -2.86. The number of hydrogen-bond acceptors (Lipinski definition) is 4. The van der Waals surface area contributed by atoms with Crippen molar-refractivity contribution in [3.8, 4) is 5.75 Å². The Balaban J connectivity index is 1.53. The summed E-state index contributed by atoms with van der Waals surface area (Å²) in [6.45, 7) is 0.247. The summed E-state index contributed by atoms with van der Waals surface area (Å²) in [6, 6.07) is 11.7. The number of aliphatic hydroxyl groups is 1. The molecular formula is C21H23N3O3. The predicted molar refractivity (Wildman–Crippen MR) is 102 cm³/mol. The molecule has 2 N–H and O–H groups in total. The summed E-state index contributed by atoms with van der Waals surface area (Å²) >= 11 is 0. The number of methoxy groups -OCH3 is 1. The van der Waals surface area contributed by atoms with E-state index in [1.165, 1.54) is 0 Å². The molecule has 0 radical (unpaired) electrons. The van der Waals surface area contributed by atoms with E-state index in [1.54, 1.807) is 19.5 Å². The van der Waals surface area contributed by atoms with E-state index in [4.69, 9.17) is 4.74 Å². The second-order valence-corrected chi connectivity index (χ2v) is 7.09. The highest BCUT2D eigenvalue weighted by atomic mass is 16.5. The maximum absolute atomic E-state index is 12.8. The number of pyridine rings is 1. The van der Waals surface area contributed by atoms with Gasteiger partial charge in [0.25, 0.3) is 0 Å². The third-order valence-corrected chi connectivity index (χ3v) is 5.26. The van der Waals surface area contributed by atoms with Crippen LogP contribution in [0.2, 0.25) is 0 Å². The molecule has 140 valence electrons. The molecule has 2 aromatic heterocycles. The van der Waals surface area contributed by atoms with Gasteiger partial charge in [-0.2, -0.15) is 0 Å². The van der Waals surface area contributed by atoms with Crippen LogP contribution in [-0.4, -0.2) is 33.8 Å². The highest BCUT2D eigenvalue weighted by Crippen LogP contribution is 2.38. The highest BCUT2D eigenvalue weighted by Gasteiger charge is 2.36. The topological polar surface area (TPSA) is 76.4 Å². The van der Waals surface area contributed by atoms with Crippen molar-refractivity contribution >= 4 is 16.8 Å². The Morgan fingerprint density at radius 1 is 1.33 bits per heavy atom. The van der Waals surface area contributed by atoms with Crippen molar-refractivity contribution < 1.29 is 14.6 Å². The number of fused-ring (bicyclic) bond motifs is 1.